The quantitative estimate of drug-likeness (QED) is 0.794. The van der Waals surface area contributed by atoms with Gasteiger partial charge in [0.1, 0.15) is 0 Å². The second-order valence-corrected chi connectivity index (χ2v) is 3.83. The van der Waals surface area contributed by atoms with E-state index >= 15 is 0 Å². The van der Waals surface area contributed by atoms with Crippen LogP contribution in [0.15, 0.2) is 30.3 Å². The molecule has 1 fully saturated rings. The van der Waals surface area contributed by atoms with Crippen molar-refractivity contribution >= 4 is 0 Å². The molecule has 0 saturated heterocycles. The van der Waals surface area contributed by atoms with Crippen LogP contribution in [0.4, 0.5) is 0 Å². The summed E-state index contributed by atoms with van der Waals surface area (Å²) in [5, 5.41) is 9.54. The van der Waals surface area contributed by atoms with Crippen molar-refractivity contribution in [2.75, 3.05) is 0 Å². The van der Waals surface area contributed by atoms with Crippen LogP contribution in [0.3, 0.4) is 0 Å². The van der Waals surface area contributed by atoms with Gasteiger partial charge in [-0.1, -0.05) is 30.3 Å². The number of aliphatic hydroxyl groups excluding tert-OH is 1. The van der Waals surface area contributed by atoms with Gasteiger partial charge in [0.25, 0.3) is 0 Å². The number of benzene rings is 1. The minimum atomic E-state index is -0.251. The third-order valence-corrected chi connectivity index (χ3v) is 2.72. The first-order valence-electron chi connectivity index (χ1n) is 5.20. The Labute approximate surface area is 84.5 Å². The van der Waals surface area contributed by atoms with E-state index in [1.54, 1.807) is 0 Å². The predicted octanol–water partition coefficient (Wildman–Crippen LogP) is 2.12. The van der Waals surface area contributed by atoms with E-state index < -0.39 is 0 Å². The van der Waals surface area contributed by atoms with Crippen LogP contribution in [-0.2, 0) is 11.3 Å². The molecule has 1 aromatic carbocycles. The monoisotopic (exact) mass is 192 g/mol. The lowest BCUT2D eigenvalue weighted by Crippen LogP contribution is -2.22. The molecule has 14 heavy (non-hydrogen) atoms. The maximum absolute atomic E-state index is 9.54. The maximum Gasteiger partial charge on any atom is 0.0838 e. The van der Waals surface area contributed by atoms with E-state index in [2.05, 4.69) is 0 Å². The van der Waals surface area contributed by atoms with Crippen LogP contribution in [0.2, 0.25) is 0 Å². The van der Waals surface area contributed by atoms with Crippen molar-refractivity contribution < 1.29 is 9.84 Å². The van der Waals surface area contributed by atoms with Crippen LogP contribution >= 0.6 is 0 Å². The highest BCUT2D eigenvalue weighted by atomic mass is 16.5. The van der Waals surface area contributed by atoms with Gasteiger partial charge in [0.2, 0.25) is 0 Å². The third kappa shape index (κ3) is 2.34. The second kappa shape index (κ2) is 4.58. The van der Waals surface area contributed by atoms with E-state index in [0.717, 1.165) is 19.3 Å². The van der Waals surface area contributed by atoms with Crippen molar-refractivity contribution in [1.29, 1.82) is 0 Å². The molecule has 0 radical (unpaired) electrons. The number of rotatable bonds is 3. The van der Waals surface area contributed by atoms with Gasteiger partial charge in [0.15, 0.2) is 0 Å². The lowest BCUT2D eigenvalue weighted by molar-refractivity contribution is -0.0273. The van der Waals surface area contributed by atoms with Crippen molar-refractivity contribution in [3.05, 3.63) is 35.9 Å². The summed E-state index contributed by atoms with van der Waals surface area (Å²) in [7, 11) is 0. The molecule has 0 aromatic heterocycles. The Balaban J connectivity index is 1.82. The zero-order valence-electron chi connectivity index (χ0n) is 8.23. The fourth-order valence-corrected chi connectivity index (χ4v) is 1.88. The van der Waals surface area contributed by atoms with Crippen molar-refractivity contribution in [1.82, 2.24) is 0 Å². The lowest BCUT2D eigenvalue weighted by atomic mass is 10.2. The molecule has 76 valence electrons. The van der Waals surface area contributed by atoms with E-state index in [1.165, 1.54) is 5.56 Å². The Kier molecular flexibility index (Phi) is 3.17. The summed E-state index contributed by atoms with van der Waals surface area (Å²) in [6, 6.07) is 10.1. The number of ether oxygens (including phenoxy) is 1. The highest BCUT2D eigenvalue weighted by molar-refractivity contribution is 5.13. The Morgan fingerprint density at radius 3 is 2.64 bits per heavy atom. The Morgan fingerprint density at radius 2 is 2.00 bits per heavy atom. The van der Waals surface area contributed by atoms with Crippen molar-refractivity contribution in [2.45, 2.75) is 38.1 Å². The van der Waals surface area contributed by atoms with E-state index in [-0.39, 0.29) is 12.2 Å². The van der Waals surface area contributed by atoms with Crippen LogP contribution in [0.1, 0.15) is 24.8 Å². The average Bonchev–Trinajstić information content (AvgIpc) is 2.63. The normalized spacial score (nSPS) is 26.6. The molecule has 1 unspecified atom stereocenters. The molecule has 2 atom stereocenters. The molecule has 0 aliphatic heterocycles. The molecule has 2 nitrogen and oxygen atoms in total. The zero-order valence-corrected chi connectivity index (χ0v) is 8.23. The molecule has 2 heteroatoms. The van der Waals surface area contributed by atoms with Crippen LogP contribution < -0.4 is 0 Å². The molecule has 0 spiro atoms. The summed E-state index contributed by atoms with van der Waals surface area (Å²) in [4.78, 5) is 0. The fraction of sp³-hybridized carbons (Fsp3) is 0.500. The molecule has 0 bridgehead atoms. The minimum Gasteiger partial charge on any atom is -0.390 e. The summed E-state index contributed by atoms with van der Waals surface area (Å²) in [6.45, 7) is 0.614. The molecule has 1 aliphatic carbocycles. The largest absolute Gasteiger partial charge is 0.390 e. The zero-order chi connectivity index (χ0) is 9.80. The van der Waals surface area contributed by atoms with E-state index in [9.17, 15) is 5.11 Å². The van der Waals surface area contributed by atoms with Gasteiger partial charge >= 0.3 is 0 Å². The fourth-order valence-electron chi connectivity index (χ4n) is 1.88. The Morgan fingerprint density at radius 1 is 1.21 bits per heavy atom. The maximum atomic E-state index is 9.54. The van der Waals surface area contributed by atoms with Crippen LogP contribution in [0.25, 0.3) is 0 Å². The van der Waals surface area contributed by atoms with Gasteiger partial charge in [-0.3, -0.25) is 0 Å². The Hall–Kier alpha value is -0.860. The lowest BCUT2D eigenvalue weighted by Gasteiger charge is -2.15. The van der Waals surface area contributed by atoms with Gasteiger partial charge in [-0.25, -0.2) is 0 Å². The molecular weight excluding hydrogens is 176 g/mol. The van der Waals surface area contributed by atoms with Gasteiger partial charge in [-0.05, 0) is 24.8 Å². The topological polar surface area (TPSA) is 29.5 Å². The minimum absolute atomic E-state index is 0.0511. The predicted molar refractivity (Wildman–Crippen MR) is 54.9 cm³/mol. The summed E-state index contributed by atoms with van der Waals surface area (Å²) in [5.41, 5.74) is 1.17. The first-order chi connectivity index (χ1) is 6.86. The number of aliphatic hydroxyl groups is 1. The summed E-state index contributed by atoms with van der Waals surface area (Å²) in [5.74, 6) is 0. The summed E-state index contributed by atoms with van der Waals surface area (Å²) in [6.07, 6.45) is 2.77. The average molecular weight is 192 g/mol. The number of hydrogen-bond donors (Lipinski definition) is 1. The molecule has 1 aliphatic rings. The second-order valence-electron chi connectivity index (χ2n) is 3.83. The molecule has 1 saturated carbocycles. The highest BCUT2D eigenvalue weighted by Gasteiger charge is 2.25. The number of hydrogen-bond acceptors (Lipinski definition) is 2. The van der Waals surface area contributed by atoms with Gasteiger partial charge in [-0.15, -0.1) is 0 Å². The smallest absolute Gasteiger partial charge is 0.0838 e. The van der Waals surface area contributed by atoms with E-state index in [4.69, 9.17) is 4.74 Å². The summed E-state index contributed by atoms with van der Waals surface area (Å²) < 4.78 is 5.65. The standard InChI is InChI=1S/C12H16O2/c13-11-7-4-8-12(11)14-9-10-5-2-1-3-6-10/h1-3,5-6,11-13H,4,7-9H2/t11?,12-/m1/s1. The van der Waals surface area contributed by atoms with Gasteiger partial charge in [0, 0.05) is 0 Å². The van der Waals surface area contributed by atoms with Crippen molar-refractivity contribution in [3.63, 3.8) is 0 Å². The molecule has 1 N–H and O–H groups in total. The molecule has 2 rings (SSSR count). The first-order valence-corrected chi connectivity index (χ1v) is 5.20. The van der Waals surface area contributed by atoms with Gasteiger partial charge in [0.05, 0.1) is 18.8 Å². The summed E-state index contributed by atoms with van der Waals surface area (Å²) >= 11 is 0. The molecule has 0 heterocycles. The van der Waals surface area contributed by atoms with Crippen LogP contribution in [0.5, 0.6) is 0 Å². The van der Waals surface area contributed by atoms with Gasteiger partial charge < -0.3 is 9.84 Å². The Bertz CT molecular complexity index is 271. The van der Waals surface area contributed by atoms with Crippen molar-refractivity contribution in [2.24, 2.45) is 0 Å². The van der Waals surface area contributed by atoms with Gasteiger partial charge in [-0.2, -0.15) is 0 Å². The van der Waals surface area contributed by atoms with E-state index in [0.29, 0.717) is 6.61 Å². The first kappa shape index (κ1) is 9.69. The highest BCUT2D eigenvalue weighted by Crippen LogP contribution is 2.22. The van der Waals surface area contributed by atoms with Crippen LogP contribution in [0, 0.1) is 0 Å². The SMILES string of the molecule is OC1CCC[C@H]1OCc1ccccc1. The molecule has 1 aromatic rings. The molecule has 0 amide bonds. The van der Waals surface area contributed by atoms with E-state index in [1.807, 2.05) is 30.3 Å². The third-order valence-electron chi connectivity index (χ3n) is 2.72. The van der Waals surface area contributed by atoms with Crippen molar-refractivity contribution in [3.8, 4) is 0 Å². The van der Waals surface area contributed by atoms with Crippen LogP contribution in [-0.4, -0.2) is 17.3 Å². The molecular formula is C12H16O2.